The first kappa shape index (κ1) is 20.8. The number of hydrogen-bond acceptors (Lipinski definition) is 2. The van der Waals surface area contributed by atoms with E-state index >= 15 is 0 Å². The quantitative estimate of drug-likeness (QED) is 0.577. The maximum atomic E-state index is 11.0. The van der Waals surface area contributed by atoms with Crippen molar-refractivity contribution in [1.82, 2.24) is 0 Å². The average Bonchev–Trinajstić information content (AvgIpc) is 2.47. The summed E-state index contributed by atoms with van der Waals surface area (Å²) in [5, 5.41) is 18.1. The van der Waals surface area contributed by atoms with Crippen molar-refractivity contribution in [3.05, 3.63) is 0 Å². The van der Waals surface area contributed by atoms with Gasteiger partial charge in [0.05, 0.1) is 12.8 Å². The van der Waals surface area contributed by atoms with E-state index in [9.17, 15) is 9.59 Å². The highest BCUT2D eigenvalue weighted by molar-refractivity contribution is 5.68. The van der Waals surface area contributed by atoms with Gasteiger partial charge in [0.25, 0.3) is 0 Å². The Morgan fingerprint density at radius 3 is 1.17 bits per heavy atom. The molecule has 0 saturated heterocycles. The average molecular weight is 417 g/mol. The van der Waals surface area contributed by atoms with Crippen LogP contribution in [0.4, 0.5) is 0 Å². The zero-order valence-electron chi connectivity index (χ0n) is 18.9. The van der Waals surface area contributed by atoms with Crippen molar-refractivity contribution in [3.8, 4) is 0 Å². The molecular formula is C26H40O4. The molecule has 30 heavy (non-hydrogen) atoms. The summed E-state index contributed by atoms with van der Waals surface area (Å²) in [6.45, 7) is 4.78. The Balaban J connectivity index is 0.000000128. The van der Waals surface area contributed by atoms with Crippen molar-refractivity contribution in [2.75, 3.05) is 0 Å². The first-order valence-electron chi connectivity index (χ1n) is 12.4. The van der Waals surface area contributed by atoms with Crippen molar-refractivity contribution in [2.45, 2.75) is 104 Å². The minimum atomic E-state index is -0.583. The predicted octanol–water partition coefficient (Wildman–Crippen LogP) is 6.14. The lowest BCUT2D eigenvalue weighted by molar-refractivity contribution is -0.152. The Hall–Kier alpha value is -1.06. The molecular weight excluding hydrogens is 376 g/mol. The maximum Gasteiger partial charge on any atom is 0.303 e. The second-order valence-corrected chi connectivity index (χ2v) is 13.7. The molecule has 0 heterocycles. The van der Waals surface area contributed by atoms with Gasteiger partial charge in [0.2, 0.25) is 0 Å². The highest BCUT2D eigenvalue weighted by Gasteiger charge is 2.57. The summed E-state index contributed by atoms with van der Waals surface area (Å²) in [4.78, 5) is 22.0. The summed E-state index contributed by atoms with van der Waals surface area (Å²) in [7, 11) is 0. The summed E-state index contributed by atoms with van der Waals surface area (Å²) in [6, 6.07) is 0. The normalized spacial score (nSPS) is 52.1. The van der Waals surface area contributed by atoms with Gasteiger partial charge in [0.15, 0.2) is 0 Å². The lowest BCUT2D eigenvalue weighted by Crippen LogP contribution is -2.51. The molecule has 4 heteroatoms. The van der Waals surface area contributed by atoms with Crippen LogP contribution in [0.2, 0.25) is 0 Å². The Morgan fingerprint density at radius 2 is 0.933 bits per heavy atom. The zero-order valence-corrected chi connectivity index (χ0v) is 18.9. The first-order chi connectivity index (χ1) is 14.0. The Morgan fingerprint density at radius 1 is 0.633 bits per heavy atom. The maximum absolute atomic E-state index is 11.0. The van der Waals surface area contributed by atoms with Crippen LogP contribution in [0, 0.1) is 45.3 Å². The van der Waals surface area contributed by atoms with Crippen molar-refractivity contribution >= 4 is 11.9 Å². The molecule has 8 aliphatic rings. The molecule has 0 aromatic heterocycles. The molecule has 0 aromatic carbocycles. The number of carboxylic acid groups (broad SMARTS) is 2. The predicted molar refractivity (Wildman–Crippen MR) is 115 cm³/mol. The fourth-order valence-corrected chi connectivity index (χ4v) is 10.9. The summed E-state index contributed by atoms with van der Waals surface area (Å²) >= 11 is 0. The Labute approximate surface area is 181 Å². The van der Waals surface area contributed by atoms with Crippen LogP contribution in [0.15, 0.2) is 0 Å². The molecule has 8 rings (SSSR count). The lowest BCUT2D eigenvalue weighted by atomic mass is 9.44. The SMILES string of the molecule is CC12CC3CC(C1)CC(CC(=O)O)(C3)C2.CC12CC3CC(C1)CC(CC(=O)O)(C3)C2. The first-order valence-corrected chi connectivity index (χ1v) is 12.4. The van der Waals surface area contributed by atoms with Gasteiger partial charge in [0, 0.05) is 0 Å². The molecule has 8 bridgehead atoms. The van der Waals surface area contributed by atoms with Crippen LogP contribution < -0.4 is 0 Å². The summed E-state index contributed by atoms with van der Waals surface area (Å²) in [5.74, 6) is 2.21. The molecule has 0 spiro atoms. The molecule has 0 amide bonds. The molecule has 2 N–H and O–H groups in total. The molecule has 8 aliphatic carbocycles. The third-order valence-corrected chi connectivity index (χ3v) is 10.0. The van der Waals surface area contributed by atoms with Crippen LogP contribution in [0.5, 0.6) is 0 Å². The minimum absolute atomic E-state index is 0.185. The molecule has 0 radical (unpaired) electrons. The van der Waals surface area contributed by atoms with Gasteiger partial charge >= 0.3 is 11.9 Å². The second-order valence-electron chi connectivity index (χ2n) is 13.7. The van der Waals surface area contributed by atoms with Gasteiger partial charge < -0.3 is 10.2 Å². The molecule has 0 aromatic rings. The largest absolute Gasteiger partial charge is 0.481 e. The van der Waals surface area contributed by atoms with Gasteiger partial charge in [-0.2, -0.15) is 0 Å². The van der Waals surface area contributed by atoms with Crippen molar-refractivity contribution in [3.63, 3.8) is 0 Å². The van der Waals surface area contributed by atoms with Gasteiger partial charge in [-0.15, -0.1) is 0 Å². The smallest absolute Gasteiger partial charge is 0.303 e. The molecule has 4 atom stereocenters. The van der Waals surface area contributed by atoms with E-state index in [4.69, 9.17) is 10.2 Å². The highest BCUT2D eigenvalue weighted by atomic mass is 16.4. The molecule has 0 aliphatic heterocycles. The van der Waals surface area contributed by atoms with Crippen LogP contribution >= 0.6 is 0 Å². The minimum Gasteiger partial charge on any atom is -0.481 e. The van der Waals surface area contributed by atoms with Gasteiger partial charge in [-0.3, -0.25) is 9.59 Å². The zero-order chi connectivity index (χ0) is 21.4. The number of carboxylic acids is 2. The van der Waals surface area contributed by atoms with Crippen LogP contribution in [-0.4, -0.2) is 22.2 Å². The Bertz CT molecular complexity index is 649. The summed E-state index contributed by atoms with van der Waals surface area (Å²) in [6.07, 6.45) is 16.2. The molecule has 4 unspecified atom stereocenters. The van der Waals surface area contributed by atoms with E-state index in [0.29, 0.717) is 23.7 Å². The van der Waals surface area contributed by atoms with Gasteiger partial charge in [-0.25, -0.2) is 0 Å². The fraction of sp³-hybridized carbons (Fsp3) is 0.923. The second kappa shape index (κ2) is 6.72. The summed E-state index contributed by atoms with van der Waals surface area (Å²) in [5.41, 5.74) is 1.34. The van der Waals surface area contributed by atoms with Crippen molar-refractivity contribution < 1.29 is 19.8 Å². The van der Waals surface area contributed by atoms with E-state index in [0.717, 1.165) is 23.7 Å². The van der Waals surface area contributed by atoms with E-state index in [1.165, 1.54) is 77.0 Å². The third-order valence-electron chi connectivity index (χ3n) is 10.0. The number of aliphatic carboxylic acids is 2. The van der Waals surface area contributed by atoms with E-state index in [-0.39, 0.29) is 10.8 Å². The van der Waals surface area contributed by atoms with Crippen LogP contribution in [0.3, 0.4) is 0 Å². The molecule has 4 nitrogen and oxygen atoms in total. The molecule has 8 fully saturated rings. The number of rotatable bonds is 4. The summed E-state index contributed by atoms with van der Waals surface area (Å²) < 4.78 is 0. The van der Waals surface area contributed by atoms with Gasteiger partial charge in [-0.1, -0.05) is 13.8 Å². The third kappa shape index (κ3) is 3.81. The number of hydrogen-bond donors (Lipinski definition) is 2. The monoisotopic (exact) mass is 416 g/mol. The lowest BCUT2D eigenvalue weighted by Gasteiger charge is -2.61. The number of carbonyl (C=O) groups is 2. The fourth-order valence-electron chi connectivity index (χ4n) is 10.9. The topological polar surface area (TPSA) is 74.6 Å². The molecule has 168 valence electrons. The van der Waals surface area contributed by atoms with Crippen molar-refractivity contribution in [1.29, 1.82) is 0 Å². The van der Waals surface area contributed by atoms with Crippen molar-refractivity contribution in [2.24, 2.45) is 45.3 Å². The van der Waals surface area contributed by atoms with E-state index in [1.54, 1.807) is 0 Å². The van der Waals surface area contributed by atoms with Crippen LogP contribution in [0.25, 0.3) is 0 Å². The van der Waals surface area contributed by atoms with Crippen LogP contribution in [-0.2, 0) is 9.59 Å². The van der Waals surface area contributed by atoms with Gasteiger partial charge in [0.1, 0.15) is 0 Å². The Kier molecular flexibility index (Phi) is 4.66. The van der Waals surface area contributed by atoms with E-state index in [2.05, 4.69) is 13.8 Å². The van der Waals surface area contributed by atoms with E-state index < -0.39 is 11.9 Å². The molecule has 8 saturated carbocycles. The van der Waals surface area contributed by atoms with E-state index in [1.807, 2.05) is 0 Å². The van der Waals surface area contributed by atoms with Gasteiger partial charge in [-0.05, 0) is 122 Å². The highest BCUT2D eigenvalue weighted by Crippen LogP contribution is 2.67. The standard InChI is InChI=1S/2C13H20O2/c2*1-12-3-9-2-10(4-12)6-13(5-9,8-12)7-11(14)15/h2*9-10H,2-8H2,1H3,(H,14,15). The van der Waals surface area contributed by atoms with Crippen LogP contribution in [0.1, 0.15) is 104 Å².